The zero-order chi connectivity index (χ0) is 11.6. The highest BCUT2D eigenvalue weighted by Gasteiger charge is 2.16. The van der Waals surface area contributed by atoms with E-state index in [4.69, 9.17) is 11.5 Å². The van der Waals surface area contributed by atoms with Gasteiger partial charge in [-0.05, 0) is 18.2 Å². The molecule has 0 unspecified atom stereocenters. The zero-order valence-corrected chi connectivity index (χ0v) is 9.04. The molecule has 6 heteroatoms. The van der Waals surface area contributed by atoms with Crippen molar-refractivity contribution in [1.29, 1.82) is 0 Å². The molecule has 0 spiro atoms. The van der Waals surface area contributed by atoms with E-state index in [1.165, 1.54) is 25.1 Å². The quantitative estimate of drug-likeness (QED) is 0.719. The molecule has 1 aromatic carbocycles. The molecular formula is C9H12N2O3S. The van der Waals surface area contributed by atoms with Crippen molar-refractivity contribution in [1.82, 2.24) is 0 Å². The predicted molar refractivity (Wildman–Crippen MR) is 57.1 cm³/mol. The van der Waals surface area contributed by atoms with Gasteiger partial charge in [0.25, 0.3) is 0 Å². The average Bonchev–Trinajstić information content (AvgIpc) is 2.17. The summed E-state index contributed by atoms with van der Waals surface area (Å²) < 4.78 is 23.0. The molecule has 1 aromatic rings. The normalized spacial score (nSPS) is 11.3. The van der Waals surface area contributed by atoms with Crippen molar-refractivity contribution >= 4 is 21.4 Å². The predicted octanol–water partition coefficient (Wildman–Crippen LogP) is 0.161. The van der Waals surface area contributed by atoms with Crippen molar-refractivity contribution in [2.45, 2.75) is 11.8 Å². The Morgan fingerprint density at radius 1 is 1.40 bits per heavy atom. The minimum atomic E-state index is -3.35. The fourth-order valence-corrected chi connectivity index (χ4v) is 2.14. The molecular weight excluding hydrogens is 216 g/mol. The first kappa shape index (κ1) is 11.5. The Morgan fingerprint density at radius 2 is 2.00 bits per heavy atom. The van der Waals surface area contributed by atoms with Crippen molar-refractivity contribution in [2.75, 3.05) is 11.5 Å². The van der Waals surface area contributed by atoms with Crippen molar-refractivity contribution < 1.29 is 13.2 Å². The largest absolute Gasteiger partial charge is 0.398 e. The summed E-state index contributed by atoms with van der Waals surface area (Å²) in [6.45, 7) is 1.52. The maximum absolute atomic E-state index is 11.5. The Hall–Kier alpha value is -1.56. The lowest BCUT2D eigenvalue weighted by Crippen LogP contribution is -2.13. The van der Waals surface area contributed by atoms with E-state index in [0.29, 0.717) is 0 Å². The van der Waals surface area contributed by atoms with Crippen LogP contribution >= 0.6 is 0 Å². The fourth-order valence-electron chi connectivity index (χ4n) is 1.14. The van der Waals surface area contributed by atoms with Crippen LogP contribution < -0.4 is 11.5 Å². The highest BCUT2D eigenvalue weighted by molar-refractivity contribution is 7.91. The van der Waals surface area contributed by atoms with Crippen LogP contribution in [0.15, 0.2) is 23.1 Å². The summed E-state index contributed by atoms with van der Waals surface area (Å²) in [6, 6.07) is 3.92. The number of hydrogen-bond acceptors (Lipinski definition) is 4. The van der Waals surface area contributed by atoms with Gasteiger partial charge in [-0.1, -0.05) is 6.92 Å². The standard InChI is InChI=1S/C9H12N2O3S/c1-2-15(13,14)8-4-3-6(9(11)12)5-7(8)10/h3-5H,2,10H2,1H3,(H2,11,12). The smallest absolute Gasteiger partial charge is 0.248 e. The summed E-state index contributed by atoms with van der Waals surface area (Å²) in [5.41, 5.74) is 10.8. The van der Waals surface area contributed by atoms with E-state index < -0.39 is 15.7 Å². The molecule has 0 bridgehead atoms. The highest BCUT2D eigenvalue weighted by atomic mass is 32.2. The van der Waals surface area contributed by atoms with E-state index in [9.17, 15) is 13.2 Å². The molecule has 1 rings (SSSR count). The molecule has 0 saturated heterocycles. The van der Waals surface area contributed by atoms with Gasteiger partial charge in [0.05, 0.1) is 16.3 Å². The van der Waals surface area contributed by atoms with Gasteiger partial charge in [-0.3, -0.25) is 4.79 Å². The SMILES string of the molecule is CCS(=O)(=O)c1ccc(C(N)=O)cc1N. The fraction of sp³-hybridized carbons (Fsp3) is 0.222. The number of amides is 1. The van der Waals surface area contributed by atoms with E-state index in [0.717, 1.165) is 0 Å². The Bertz CT molecular complexity index is 494. The molecule has 0 fully saturated rings. The Kier molecular flexibility index (Phi) is 2.99. The van der Waals surface area contributed by atoms with Crippen molar-refractivity contribution in [3.8, 4) is 0 Å². The molecule has 15 heavy (non-hydrogen) atoms. The molecule has 4 N–H and O–H groups in total. The van der Waals surface area contributed by atoms with Crippen LogP contribution in [0.3, 0.4) is 0 Å². The molecule has 0 atom stereocenters. The van der Waals surface area contributed by atoms with Crippen LogP contribution in [0.4, 0.5) is 5.69 Å². The number of hydrogen-bond donors (Lipinski definition) is 2. The van der Waals surface area contributed by atoms with Gasteiger partial charge < -0.3 is 11.5 Å². The molecule has 0 radical (unpaired) electrons. The molecule has 0 saturated carbocycles. The number of anilines is 1. The summed E-state index contributed by atoms with van der Waals surface area (Å²) in [4.78, 5) is 10.8. The number of nitrogens with two attached hydrogens (primary N) is 2. The van der Waals surface area contributed by atoms with E-state index in [1.807, 2.05) is 0 Å². The molecule has 0 aliphatic carbocycles. The number of nitrogen functional groups attached to an aromatic ring is 1. The lowest BCUT2D eigenvalue weighted by molar-refractivity contribution is 0.1000. The van der Waals surface area contributed by atoms with E-state index in [-0.39, 0.29) is 21.9 Å². The number of sulfone groups is 1. The maximum atomic E-state index is 11.5. The minimum absolute atomic E-state index is 0.0346. The summed E-state index contributed by atoms with van der Waals surface area (Å²) in [7, 11) is -3.35. The van der Waals surface area contributed by atoms with Gasteiger partial charge in [0.2, 0.25) is 5.91 Å². The monoisotopic (exact) mass is 228 g/mol. The van der Waals surface area contributed by atoms with Crippen LogP contribution in [0.5, 0.6) is 0 Å². The first-order valence-corrected chi connectivity index (χ1v) is 5.96. The van der Waals surface area contributed by atoms with Crippen LogP contribution in [0.1, 0.15) is 17.3 Å². The van der Waals surface area contributed by atoms with E-state index in [1.54, 1.807) is 0 Å². The van der Waals surface area contributed by atoms with Crippen LogP contribution in [0, 0.1) is 0 Å². The Morgan fingerprint density at radius 3 is 2.40 bits per heavy atom. The summed E-state index contributed by atoms with van der Waals surface area (Å²) in [6.07, 6.45) is 0. The van der Waals surface area contributed by atoms with Crippen LogP contribution in [-0.2, 0) is 9.84 Å². The summed E-state index contributed by atoms with van der Waals surface area (Å²) in [5, 5.41) is 0. The van der Waals surface area contributed by atoms with Gasteiger partial charge in [-0.25, -0.2) is 8.42 Å². The third-order valence-corrected chi connectivity index (χ3v) is 3.81. The van der Waals surface area contributed by atoms with Gasteiger partial charge in [-0.15, -0.1) is 0 Å². The Balaban J connectivity index is 3.32. The lowest BCUT2D eigenvalue weighted by Gasteiger charge is -2.06. The zero-order valence-electron chi connectivity index (χ0n) is 8.23. The minimum Gasteiger partial charge on any atom is -0.398 e. The lowest BCUT2D eigenvalue weighted by atomic mass is 10.2. The molecule has 1 amide bonds. The number of carbonyl (C=O) groups is 1. The topological polar surface area (TPSA) is 103 Å². The highest BCUT2D eigenvalue weighted by Crippen LogP contribution is 2.20. The second-order valence-corrected chi connectivity index (χ2v) is 5.27. The van der Waals surface area contributed by atoms with Gasteiger partial charge in [0.1, 0.15) is 0 Å². The van der Waals surface area contributed by atoms with Gasteiger partial charge in [0, 0.05) is 5.56 Å². The van der Waals surface area contributed by atoms with Crippen molar-refractivity contribution in [3.05, 3.63) is 23.8 Å². The first-order chi connectivity index (χ1) is 6.88. The number of benzene rings is 1. The molecule has 0 aliphatic heterocycles. The molecule has 0 aliphatic rings. The summed E-state index contributed by atoms with van der Waals surface area (Å²) >= 11 is 0. The van der Waals surface area contributed by atoms with Crippen LogP contribution in [-0.4, -0.2) is 20.1 Å². The van der Waals surface area contributed by atoms with Gasteiger partial charge in [0.15, 0.2) is 9.84 Å². The number of carbonyl (C=O) groups excluding carboxylic acids is 1. The third-order valence-electron chi connectivity index (χ3n) is 2.01. The Labute approximate surface area is 88.0 Å². The average molecular weight is 228 g/mol. The second-order valence-electron chi connectivity index (χ2n) is 3.02. The van der Waals surface area contributed by atoms with E-state index in [2.05, 4.69) is 0 Å². The van der Waals surface area contributed by atoms with Crippen LogP contribution in [0.2, 0.25) is 0 Å². The number of rotatable bonds is 3. The molecule has 0 aromatic heterocycles. The number of primary amides is 1. The summed E-state index contributed by atoms with van der Waals surface area (Å²) in [5.74, 6) is -0.672. The van der Waals surface area contributed by atoms with Gasteiger partial charge >= 0.3 is 0 Å². The van der Waals surface area contributed by atoms with Crippen LogP contribution in [0.25, 0.3) is 0 Å². The first-order valence-electron chi connectivity index (χ1n) is 4.30. The molecule has 5 nitrogen and oxygen atoms in total. The van der Waals surface area contributed by atoms with Crippen molar-refractivity contribution in [2.24, 2.45) is 5.73 Å². The van der Waals surface area contributed by atoms with Gasteiger partial charge in [-0.2, -0.15) is 0 Å². The third kappa shape index (κ3) is 2.27. The van der Waals surface area contributed by atoms with E-state index >= 15 is 0 Å². The molecule has 82 valence electrons. The second kappa shape index (κ2) is 3.90. The molecule has 0 heterocycles. The van der Waals surface area contributed by atoms with Crippen molar-refractivity contribution in [3.63, 3.8) is 0 Å². The maximum Gasteiger partial charge on any atom is 0.248 e.